The Morgan fingerprint density at radius 2 is 1.78 bits per heavy atom. The Labute approximate surface area is 188 Å². The minimum atomic E-state index is -0.640. The summed E-state index contributed by atoms with van der Waals surface area (Å²) in [5, 5.41) is 11.6. The lowest BCUT2D eigenvalue weighted by Gasteiger charge is -2.10. The first-order valence-corrected chi connectivity index (χ1v) is 10.7. The average Bonchev–Trinajstić information content (AvgIpc) is 3.46. The zero-order valence-electron chi connectivity index (χ0n) is 17.8. The molecule has 0 saturated heterocycles. The highest BCUT2D eigenvalue weighted by molar-refractivity contribution is 7.99. The summed E-state index contributed by atoms with van der Waals surface area (Å²) in [6, 6.07) is 7.76. The van der Waals surface area contributed by atoms with Crippen LogP contribution in [0.4, 0.5) is 5.69 Å². The maximum Gasteiger partial charge on any atom is 0.337 e. The quantitative estimate of drug-likeness (QED) is 0.380. The maximum absolute atomic E-state index is 12.6. The summed E-state index contributed by atoms with van der Waals surface area (Å²) in [4.78, 5) is 36.4. The Balaban J connectivity index is 1.74. The normalized spacial score (nSPS) is 10.6. The highest BCUT2D eigenvalue weighted by Gasteiger charge is 2.18. The summed E-state index contributed by atoms with van der Waals surface area (Å²) in [5.74, 6) is -0.405. The Bertz CT molecular complexity index is 1080. The Kier molecular flexibility index (Phi) is 7.66. The number of carbonyl (C=O) groups is 3. The van der Waals surface area contributed by atoms with Crippen molar-refractivity contribution in [2.75, 3.05) is 25.3 Å². The largest absolute Gasteiger partial charge is 0.465 e. The molecule has 1 amide bonds. The average molecular weight is 458 g/mol. The number of esters is 2. The van der Waals surface area contributed by atoms with Crippen molar-refractivity contribution in [1.29, 1.82) is 0 Å². The predicted molar refractivity (Wildman–Crippen MR) is 116 cm³/mol. The van der Waals surface area contributed by atoms with Gasteiger partial charge in [-0.1, -0.05) is 18.7 Å². The lowest BCUT2D eigenvalue weighted by Crippen LogP contribution is -2.16. The number of aromatic nitrogens is 3. The topological polar surface area (TPSA) is 126 Å². The van der Waals surface area contributed by atoms with Crippen LogP contribution in [0.2, 0.25) is 0 Å². The summed E-state index contributed by atoms with van der Waals surface area (Å²) in [6.45, 7) is 2.69. The van der Waals surface area contributed by atoms with Gasteiger partial charge in [-0.2, -0.15) is 0 Å². The molecule has 0 aliphatic carbocycles. The van der Waals surface area contributed by atoms with Crippen LogP contribution in [-0.4, -0.2) is 52.6 Å². The number of thioether (sulfide) groups is 1. The molecule has 10 nitrogen and oxygen atoms in total. The highest BCUT2D eigenvalue weighted by atomic mass is 32.2. The monoisotopic (exact) mass is 458 g/mol. The van der Waals surface area contributed by atoms with Gasteiger partial charge < -0.3 is 19.2 Å². The van der Waals surface area contributed by atoms with Gasteiger partial charge in [-0.05, 0) is 36.8 Å². The van der Waals surface area contributed by atoms with Gasteiger partial charge in [0.25, 0.3) is 0 Å². The van der Waals surface area contributed by atoms with Crippen LogP contribution < -0.4 is 5.32 Å². The molecule has 0 unspecified atom stereocenters. The molecule has 0 bridgehead atoms. The van der Waals surface area contributed by atoms with E-state index in [1.165, 1.54) is 44.2 Å². The zero-order valence-corrected chi connectivity index (χ0v) is 18.6. The van der Waals surface area contributed by atoms with Gasteiger partial charge in [0.2, 0.25) is 5.91 Å². The number of carbonyl (C=O) groups excluding carboxylic acids is 3. The van der Waals surface area contributed by atoms with Gasteiger partial charge in [0.05, 0.1) is 37.4 Å². The van der Waals surface area contributed by atoms with E-state index in [1.807, 2.05) is 11.5 Å². The summed E-state index contributed by atoms with van der Waals surface area (Å²) in [5.41, 5.74) is 0.499. The van der Waals surface area contributed by atoms with Crippen LogP contribution >= 0.6 is 11.8 Å². The van der Waals surface area contributed by atoms with Crippen LogP contribution in [0.25, 0.3) is 11.6 Å². The van der Waals surface area contributed by atoms with Crippen LogP contribution in [0.3, 0.4) is 0 Å². The van der Waals surface area contributed by atoms with Crippen molar-refractivity contribution in [2.24, 2.45) is 0 Å². The molecule has 0 radical (unpaired) electrons. The summed E-state index contributed by atoms with van der Waals surface area (Å²) < 4.78 is 16.7. The number of anilines is 1. The van der Waals surface area contributed by atoms with Gasteiger partial charge in [0.1, 0.15) is 0 Å². The summed E-state index contributed by atoms with van der Waals surface area (Å²) in [7, 11) is 2.46. The SMILES string of the molecule is CCCn1c(SCC(=O)Nc2cc(C(=O)OC)cc(C(=O)OC)c2)nnc1-c1ccco1. The molecule has 3 rings (SSSR count). The van der Waals surface area contributed by atoms with Gasteiger partial charge in [0.15, 0.2) is 16.7 Å². The van der Waals surface area contributed by atoms with Gasteiger partial charge in [-0.3, -0.25) is 9.36 Å². The van der Waals surface area contributed by atoms with E-state index < -0.39 is 11.9 Å². The molecule has 0 spiro atoms. The number of hydrogen-bond donors (Lipinski definition) is 1. The zero-order chi connectivity index (χ0) is 23.1. The lowest BCUT2D eigenvalue weighted by atomic mass is 10.1. The number of rotatable bonds is 9. The van der Waals surface area contributed by atoms with E-state index in [4.69, 9.17) is 13.9 Å². The van der Waals surface area contributed by atoms with Crippen LogP contribution in [0.15, 0.2) is 46.2 Å². The summed E-state index contributed by atoms with van der Waals surface area (Å²) in [6.07, 6.45) is 2.41. The van der Waals surface area contributed by atoms with Crippen molar-refractivity contribution < 1.29 is 28.3 Å². The molecule has 2 aromatic heterocycles. The second kappa shape index (κ2) is 10.6. The van der Waals surface area contributed by atoms with E-state index in [9.17, 15) is 14.4 Å². The van der Waals surface area contributed by atoms with Crippen LogP contribution in [0.1, 0.15) is 34.1 Å². The van der Waals surface area contributed by atoms with Gasteiger partial charge in [-0.25, -0.2) is 9.59 Å². The number of furan rings is 1. The first-order chi connectivity index (χ1) is 15.5. The highest BCUT2D eigenvalue weighted by Crippen LogP contribution is 2.25. The Morgan fingerprint density at radius 3 is 2.34 bits per heavy atom. The molecular weight excluding hydrogens is 436 g/mol. The van der Waals surface area contributed by atoms with E-state index >= 15 is 0 Å². The molecule has 0 fully saturated rings. The minimum Gasteiger partial charge on any atom is -0.465 e. The van der Waals surface area contributed by atoms with E-state index in [1.54, 1.807) is 18.4 Å². The van der Waals surface area contributed by atoms with Crippen molar-refractivity contribution >= 4 is 35.3 Å². The molecule has 0 atom stereocenters. The molecule has 32 heavy (non-hydrogen) atoms. The van der Waals surface area contributed by atoms with Gasteiger partial charge >= 0.3 is 11.9 Å². The fourth-order valence-corrected chi connectivity index (χ4v) is 3.67. The Hall–Kier alpha value is -3.60. The van der Waals surface area contributed by atoms with Gasteiger partial charge in [0, 0.05) is 12.2 Å². The van der Waals surface area contributed by atoms with Crippen molar-refractivity contribution in [3.8, 4) is 11.6 Å². The molecule has 3 aromatic rings. The van der Waals surface area contributed by atoms with Crippen molar-refractivity contribution in [3.05, 3.63) is 47.7 Å². The number of ether oxygens (including phenoxy) is 2. The third-order valence-corrected chi connectivity index (χ3v) is 5.26. The molecule has 2 heterocycles. The fraction of sp³-hybridized carbons (Fsp3) is 0.286. The summed E-state index contributed by atoms with van der Waals surface area (Å²) >= 11 is 1.21. The van der Waals surface area contributed by atoms with E-state index in [2.05, 4.69) is 15.5 Å². The molecule has 168 valence electrons. The van der Waals surface area contributed by atoms with E-state index in [0.29, 0.717) is 23.3 Å². The minimum absolute atomic E-state index is 0.0377. The number of nitrogens with zero attached hydrogens (tertiary/aromatic N) is 3. The predicted octanol–water partition coefficient (Wildman–Crippen LogP) is 3.25. The second-order valence-electron chi connectivity index (χ2n) is 6.55. The molecular formula is C21H22N4O6S. The molecule has 0 aliphatic heterocycles. The van der Waals surface area contributed by atoms with Crippen LogP contribution in [-0.2, 0) is 20.8 Å². The maximum atomic E-state index is 12.6. The third kappa shape index (κ3) is 5.35. The molecule has 0 aliphatic rings. The number of hydrogen-bond acceptors (Lipinski definition) is 9. The van der Waals surface area contributed by atoms with Crippen LogP contribution in [0.5, 0.6) is 0 Å². The molecule has 0 saturated carbocycles. The first-order valence-electron chi connectivity index (χ1n) is 9.68. The van der Waals surface area contributed by atoms with Crippen LogP contribution in [0, 0.1) is 0 Å². The van der Waals surface area contributed by atoms with E-state index in [-0.39, 0.29) is 28.5 Å². The van der Waals surface area contributed by atoms with Crippen molar-refractivity contribution in [1.82, 2.24) is 14.8 Å². The smallest absolute Gasteiger partial charge is 0.337 e. The van der Waals surface area contributed by atoms with Crippen molar-refractivity contribution in [3.63, 3.8) is 0 Å². The fourth-order valence-electron chi connectivity index (χ4n) is 2.91. The number of benzene rings is 1. The third-order valence-electron chi connectivity index (χ3n) is 4.30. The molecule has 11 heteroatoms. The number of nitrogens with one attached hydrogen (secondary N) is 1. The number of amides is 1. The van der Waals surface area contributed by atoms with E-state index in [0.717, 1.165) is 6.42 Å². The number of methoxy groups -OCH3 is 2. The standard InChI is InChI=1S/C21H22N4O6S/c1-4-7-25-18(16-6-5-8-31-16)23-24-21(25)32-12-17(26)22-15-10-13(19(27)29-2)9-14(11-15)20(28)30-3/h5-6,8-11H,4,7,12H2,1-3H3,(H,22,26). The molecule has 1 N–H and O–H groups in total. The lowest BCUT2D eigenvalue weighted by molar-refractivity contribution is -0.113. The first kappa shape index (κ1) is 23.1. The van der Waals surface area contributed by atoms with Crippen molar-refractivity contribution in [2.45, 2.75) is 25.0 Å². The molecule has 1 aromatic carbocycles. The second-order valence-corrected chi connectivity index (χ2v) is 7.50. The Morgan fingerprint density at radius 1 is 1.09 bits per heavy atom. The van der Waals surface area contributed by atoms with Gasteiger partial charge in [-0.15, -0.1) is 10.2 Å².